The number of halogens is 3. The van der Waals surface area contributed by atoms with Crippen LogP contribution in [-0.4, -0.2) is 32.3 Å². The monoisotopic (exact) mass is 429 g/mol. The van der Waals surface area contributed by atoms with E-state index in [2.05, 4.69) is 20.6 Å². The molecule has 0 bridgehead atoms. The number of fused-ring (bicyclic) bond motifs is 3. The molecule has 4 aromatic rings. The van der Waals surface area contributed by atoms with Crippen LogP contribution in [0, 0.1) is 5.92 Å². The van der Waals surface area contributed by atoms with Gasteiger partial charge in [0.25, 0.3) is 11.5 Å². The highest BCUT2D eigenvalue weighted by molar-refractivity contribution is 5.98. The molecule has 0 atom stereocenters. The van der Waals surface area contributed by atoms with Crippen molar-refractivity contribution < 1.29 is 18.0 Å². The first-order chi connectivity index (χ1) is 14.6. The van der Waals surface area contributed by atoms with E-state index >= 15 is 0 Å². The highest BCUT2D eigenvalue weighted by atomic mass is 19.4. The molecule has 4 rings (SSSR count). The van der Waals surface area contributed by atoms with Gasteiger partial charge in [-0.25, -0.2) is 9.73 Å². The highest BCUT2D eigenvalue weighted by Crippen LogP contribution is 2.32. The molecule has 0 aliphatic carbocycles. The molecule has 0 saturated heterocycles. The number of alkyl halides is 3. The number of benzene rings is 2. The fourth-order valence-corrected chi connectivity index (χ4v) is 3.20. The van der Waals surface area contributed by atoms with E-state index in [1.54, 1.807) is 0 Å². The molecule has 0 spiro atoms. The number of nitrogens with zero attached hydrogens (tertiary/aromatic N) is 3. The van der Waals surface area contributed by atoms with Crippen molar-refractivity contribution in [3.8, 4) is 11.3 Å². The smallest absolute Gasteiger partial charge is 0.352 e. The van der Waals surface area contributed by atoms with Gasteiger partial charge in [0.15, 0.2) is 5.65 Å². The van der Waals surface area contributed by atoms with Gasteiger partial charge in [-0.2, -0.15) is 23.3 Å². The van der Waals surface area contributed by atoms with E-state index in [4.69, 9.17) is 0 Å². The Balaban J connectivity index is 1.86. The van der Waals surface area contributed by atoms with Crippen molar-refractivity contribution in [1.29, 1.82) is 0 Å². The summed E-state index contributed by atoms with van der Waals surface area (Å²) in [4.78, 5) is 29.0. The second-order valence-electron chi connectivity index (χ2n) is 7.55. The molecule has 0 unspecified atom stereocenters. The first-order valence-electron chi connectivity index (χ1n) is 9.52. The molecule has 1 amide bonds. The van der Waals surface area contributed by atoms with E-state index in [9.17, 15) is 22.8 Å². The second-order valence-corrected chi connectivity index (χ2v) is 7.55. The first-order valence-corrected chi connectivity index (χ1v) is 9.52. The van der Waals surface area contributed by atoms with Gasteiger partial charge in [-0.15, -0.1) is 0 Å². The third-order valence-electron chi connectivity index (χ3n) is 4.76. The molecular formula is C21H18F3N5O2. The number of H-pyrrole nitrogens is 1. The normalized spacial score (nSPS) is 12.1. The van der Waals surface area contributed by atoms with Crippen LogP contribution < -0.4 is 10.9 Å². The van der Waals surface area contributed by atoms with Crippen molar-refractivity contribution in [2.75, 3.05) is 6.54 Å². The van der Waals surface area contributed by atoms with E-state index in [1.807, 2.05) is 13.8 Å². The zero-order valence-electron chi connectivity index (χ0n) is 16.6. The average Bonchev–Trinajstić information content (AvgIpc) is 3.15. The Morgan fingerprint density at radius 3 is 2.68 bits per heavy atom. The van der Waals surface area contributed by atoms with Gasteiger partial charge in [-0.1, -0.05) is 26.0 Å². The molecule has 0 radical (unpaired) electrons. The van der Waals surface area contributed by atoms with Gasteiger partial charge in [0.05, 0.1) is 16.5 Å². The van der Waals surface area contributed by atoms with Crippen LogP contribution in [0.1, 0.15) is 29.8 Å². The molecule has 2 aromatic heterocycles. The van der Waals surface area contributed by atoms with Crippen LogP contribution in [0.5, 0.6) is 0 Å². The summed E-state index contributed by atoms with van der Waals surface area (Å²) in [7, 11) is 0. The van der Waals surface area contributed by atoms with Gasteiger partial charge in [0.1, 0.15) is 5.69 Å². The van der Waals surface area contributed by atoms with Gasteiger partial charge in [-0.3, -0.25) is 9.59 Å². The zero-order chi connectivity index (χ0) is 22.3. The average molecular weight is 429 g/mol. The predicted octanol–water partition coefficient (Wildman–Crippen LogP) is 3.64. The molecule has 0 fully saturated rings. The number of aromatic nitrogens is 4. The van der Waals surface area contributed by atoms with Crippen LogP contribution >= 0.6 is 0 Å². The Hall–Kier alpha value is -3.69. The molecule has 0 saturated carbocycles. The van der Waals surface area contributed by atoms with Crippen molar-refractivity contribution in [1.82, 2.24) is 25.1 Å². The van der Waals surface area contributed by atoms with Crippen LogP contribution in [0.2, 0.25) is 0 Å². The SMILES string of the molecule is CC(C)CNC(=O)c1ccc2c(=O)nc3c(-c4cccc(C(F)(F)F)c4)n[nH]n3c2c1. The third-order valence-corrected chi connectivity index (χ3v) is 4.76. The van der Waals surface area contributed by atoms with Crippen molar-refractivity contribution in [2.24, 2.45) is 5.92 Å². The molecule has 0 aliphatic rings. The molecule has 2 aromatic carbocycles. The maximum atomic E-state index is 13.1. The van der Waals surface area contributed by atoms with Crippen LogP contribution in [-0.2, 0) is 6.18 Å². The van der Waals surface area contributed by atoms with E-state index in [0.717, 1.165) is 12.1 Å². The van der Waals surface area contributed by atoms with Gasteiger partial charge < -0.3 is 5.32 Å². The minimum Gasteiger partial charge on any atom is -0.352 e. The molecular weight excluding hydrogens is 411 g/mol. The maximum absolute atomic E-state index is 13.1. The minimum absolute atomic E-state index is 0.0663. The van der Waals surface area contributed by atoms with Crippen LogP contribution in [0.3, 0.4) is 0 Å². The van der Waals surface area contributed by atoms with Gasteiger partial charge in [0, 0.05) is 17.7 Å². The molecule has 0 aliphatic heterocycles. The van der Waals surface area contributed by atoms with Gasteiger partial charge >= 0.3 is 6.18 Å². The Bertz CT molecular complexity index is 1350. The number of nitrogens with one attached hydrogen (secondary N) is 2. The number of carbonyl (C=O) groups excluding carboxylic acids is 1. The molecule has 31 heavy (non-hydrogen) atoms. The fourth-order valence-electron chi connectivity index (χ4n) is 3.20. The molecule has 7 nitrogen and oxygen atoms in total. The lowest BCUT2D eigenvalue weighted by molar-refractivity contribution is -0.137. The van der Waals surface area contributed by atoms with E-state index < -0.39 is 17.3 Å². The standard InChI is InChI=1S/C21H18F3N5O2/c1-11(2)10-25-19(30)13-6-7-15-16(9-13)29-18(26-20(15)31)17(27-28-29)12-4-3-5-14(8-12)21(22,23)24/h3-9,11,28H,10H2,1-2H3,(H,25,30). The van der Waals surface area contributed by atoms with E-state index in [0.29, 0.717) is 17.6 Å². The summed E-state index contributed by atoms with van der Waals surface area (Å²) in [6.45, 7) is 4.43. The van der Waals surface area contributed by atoms with Crippen LogP contribution in [0.4, 0.5) is 13.2 Å². The van der Waals surface area contributed by atoms with Crippen molar-refractivity contribution in [3.63, 3.8) is 0 Å². The van der Waals surface area contributed by atoms with Gasteiger partial charge in [-0.05, 0) is 36.2 Å². The Morgan fingerprint density at radius 1 is 1.19 bits per heavy atom. The highest BCUT2D eigenvalue weighted by Gasteiger charge is 2.31. The lowest BCUT2D eigenvalue weighted by Gasteiger charge is -2.09. The number of hydrogen-bond donors (Lipinski definition) is 2. The van der Waals surface area contributed by atoms with Gasteiger partial charge in [0.2, 0.25) is 0 Å². The fraction of sp³-hybridized carbons (Fsp3) is 0.238. The number of carbonyl (C=O) groups is 1. The number of aromatic amines is 1. The lowest BCUT2D eigenvalue weighted by Crippen LogP contribution is -2.27. The molecule has 160 valence electrons. The molecule has 10 heteroatoms. The summed E-state index contributed by atoms with van der Waals surface area (Å²) >= 11 is 0. The summed E-state index contributed by atoms with van der Waals surface area (Å²) in [5.41, 5.74) is -0.403. The number of rotatable bonds is 4. The zero-order valence-corrected chi connectivity index (χ0v) is 16.6. The Labute approximate surface area is 173 Å². The predicted molar refractivity (Wildman–Crippen MR) is 109 cm³/mol. The summed E-state index contributed by atoms with van der Waals surface area (Å²) in [6.07, 6.45) is -4.52. The van der Waals surface area contributed by atoms with Crippen LogP contribution in [0.15, 0.2) is 47.3 Å². The summed E-state index contributed by atoms with van der Waals surface area (Å²) in [6, 6.07) is 9.16. The van der Waals surface area contributed by atoms with Crippen molar-refractivity contribution in [2.45, 2.75) is 20.0 Å². The van der Waals surface area contributed by atoms with Crippen LogP contribution in [0.25, 0.3) is 27.8 Å². The lowest BCUT2D eigenvalue weighted by atomic mass is 10.1. The Morgan fingerprint density at radius 2 is 1.97 bits per heavy atom. The first kappa shape index (κ1) is 20.6. The van der Waals surface area contributed by atoms with Crippen molar-refractivity contribution >= 4 is 22.5 Å². The summed E-state index contributed by atoms with van der Waals surface area (Å²) in [5.74, 6) is -0.0308. The van der Waals surface area contributed by atoms with Crippen molar-refractivity contribution in [3.05, 3.63) is 63.9 Å². The third kappa shape index (κ3) is 3.88. The summed E-state index contributed by atoms with van der Waals surface area (Å²) < 4.78 is 40.7. The number of hydrogen-bond acceptors (Lipinski definition) is 4. The Kier molecular flexibility index (Phi) is 5.00. The largest absolute Gasteiger partial charge is 0.416 e. The topological polar surface area (TPSA) is 92.2 Å². The minimum atomic E-state index is -4.52. The summed E-state index contributed by atoms with van der Waals surface area (Å²) in [5, 5.41) is 9.82. The molecule has 2 N–H and O–H groups in total. The molecule has 2 heterocycles. The quantitative estimate of drug-likeness (QED) is 0.518. The maximum Gasteiger partial charge on any atom is 0.416 e. The van der Waals surface area contributed by atoms with E-state index in [1.165, 1.54) is 34.8 Å². The number of amides is 1. The van der Waals surface area contributed by atoms with E-state index in [-0.39, 0.29) is 34.1 Å². The second kappa shape index (κ2) is 7.53.